The van der Waals surface area contributed by atoms with Gasteiger partial charge in [0.2, 0.25) is 0 Å². The lowest BCUT2D eigenvalue weighted by atomic mass is 10.0. The first-order valence-corrected chi connectivity index (χ1v) is 4.98. The zero-order chi connectivity index (χ0) is 9.84. The highest BCUT2D eigenvalue weighted by molar-refractivity contribution is 5.76. The molecule has 0 amide bonds. The second-order valence-corrected chi connectivity index (χ2v) is 3.96. The molecule has 0 N–H and O–H groups in total. The molecule has 0 bridgehead atoms. The molecule has 3 nitrogen and oxygen atoms in total. The monoisotopic (exact) mass is 185 g/mol. The van der Waals surface area contributed by atoms with Crippen LogP contribution >= 0.6 is 0 Å². The molecule has 0 aromatic carbocycles. The molecule has 0 spiro atoms. The number of likely N-dealkylation sites (tertiary alicyclic amines) is 1. The third-order valence-corrected chi connectivity index (χ3v) is 2.61. The van der Waals surface area contributed by atoms with E-state index >= 15 is 0 Å². The highest BCUT2D eigenvalue weighted by Crippen LogP contribution is 2.18. The topological polar surface area (TPSA) is 29.5 Å². The van der Waals surface area contributed by atoms with Crippen molar-refractivity contribution in [2.75, 3.05) is 20.2 Å². The van der Waals surface area contributed by atoms with E-state index in [0.717, 1.165) is 13.1 Å². The van der Waals surface area contributed by atoms with Crippen molar-refractivity contribution in [3.05, 3.63) is 0 Å². The summed E-state index contributed by atoms with van der Waals surface area (Å²) in [6.07, 6.45) is 2.42. The van der Waals surface area contributed by atoms with Gasteiger partial charge < -0.3 is 4.74 Å². The van der Waals surface area contributed by atoms with Crippen molar-refractivity contribution in [2.24, 2.45) is 5.92 Å². The molecule has 1 heterocycles. The summed E-state index contributed by atoms with van der Waals surface area (Å²) in [5.74, 6) is 0.252. The number of hydrogen-bond acceptors (Lipinski definition) is 3. The first-order chi connectivity index (χ1) is 6.16. The number of nitrogens with zero attached hydrogens (tertiary/aromatic N) is 1. The van der Waals surface area contributed by atoms with Crippen molar-refractivity contribution >= 4 is 5.97 Å². The average Bonchev–Trinajstić information content (AvgIpc) is 2.56. The Hall–Kier alpha value is -0.570. The third-order valence-electron chi connectivity index (χ3n) is 2.61. The van der Waals surface area contributed by atoms with Gasteiger partial charge in [0.25, 0.3) is 0 Å². The van der Waals surface area contributed by atoms with Crippen molar-refractivity contribution in [2.45, 2.75) is 32.7 Å². The fourth-order valence-electron chi connectivity index (χ4n) is 1.98. The summed E-state index contributed by atoms with van der Waals surface area (Å²) in [5, 5.41) is 0. The lowest BCUT2D eigenvalue weighted by Crippen LogP contribution is -2.43. The fourth-order valence-corrected chi connectivity index (χ4v) is 1.98. The zero-order valence-electron chi connectivity index (χ0n) is 8.75. The molecule has 3 heteroatoms. The van der Waals surface area contributed by atoms with Crippen LogP contribution in [0.3, 0.4) is 0 Å². The molecule has 13 heavy (non-hydrogen) atoms. The summed E-state index contributed by atoms with van der Waals surface area (Å²) in [5.41, 5.74) is 0. The Kier molecular flexibility index (Phi) is 3.72. The van der Waals surface area contributed by atoms with Crippen LogP contribution in [0.1, 0.15) is 26.7 Å². The van der Waals surface area contributed by atoms with E-state index in [1.165, 1.54) is 20.0 Å². The minimum absolute atomic E-state index is 0.0347. The lowest BCUT2D eigenvalue weighted by Gasteiger charge is -2.27. The molecule has 1 saturated heterocycles. The molecule has 1 atom stereocenters. The van der Waals surface area contributed by atoms with Crippen molar-refractivity contribution in [3.8, 4) is 0 Å². The Balaban J connectivity index is 2.60. The summed E-state index contributed by atoms with van der Waals surface area (Å²) in [6.45, 7) is 6.22. The normalized spacial score (nSPS) is 20.6. The predicted octanol–water partition coefficient (Wildman–Crippen LogP) is 1.28. The summed E-state index contributed by atoms with van der Waals surface area (Å²) >= 11 is 0. The van der Waals surface area contributed by atoms with E-state index in [9.17, 15) is 4.79 Å². The van der Waals surface area contributed by atoms with E-state index in [4.69, 9.17) is 4.74 Å². The molecule has 0 aromatic rings. The fraction of sp³-hybridized carbons (Fsp3) is 0.900. The van der Waals surface area contributed by atoms with Crippen LogP contribution < -0.4 is 0 Å². The molecule has 1 aliphatic heterocycles. The van der Waals surface area contributed by atoms with Crippen LogP contribution in [0.4, 0.5) is 0 Å². The maximum atomic E-state index is 11.5. The van der Waals surface area contributed by atoms with E-state index in [1.807, 2.05) is 0 Å². The molecule has 0 radical (unpaired) electrons. The van der Waals surface area contributed by atoms with Crippen molar-refractivity contribution in [1.82, 2.24) is 4.90 Å². The molecule has 0 aromatic heterocycles. The molecule has 1 aliphatic rings. The van der Waals surface area contributed by atoms with Crippen molar-refractivity contribution in [1.29, 1.82) is 0 Å². The summed E-state index contributed by atoms with van der Waals surface area (Å²) in [4.78, 5) is 13.7. The maximum Gasteiger partial charge on any atom is 0.323 e. The van der Waals surface area contributed by atoms with Gasteiger partial charge in [-0.25, -0.2) is 0 Å². The first kappa shape index (κ1) is 10.5. The molecule has 76 valence electrons. The number of carbonyl (C=O) groups is 1. The van der Waals surface area contributed by atoms with Gasteiger partial charge in [0.15, 0.2) is 0 Å². The van der Waals surface area contributed by atoms with Gasteiger partial charge in [0.05, 0.1) is 7.11 Å². The van der Waals surface area contributed by atoms with Crippen LogP contribution in [0.15, 0.2) is 0 Å². The Labute approximate surface area is 80.1 Å². The van der Waals surface area contributed by atoms with Gasteiger partial charge in [-0.3, -0.25) is 9.69 Å². The van der Waals surface area contributed by atoms with Crippen LogP contribution in [0, 0.1) is 5.92 Å². The van der Waals surface area contributed by atoms with Gasteiger partial charge in [0.1, 0.15) is 6.04 Å². The van der Waals surface area contributed by atoms with Gasteiger partial charge in [-0.05, 0) is 31.8 Å². The molecule has 0 saturated carbocycles. The quantitative estimate of drug-likeness (QED) is 0.620. The van der Waals surface area contributed by atoms with Gasteiger partial charge in [0, 0.05) is 0 Å². The standard InChI is InChI=1S/C10H19NO2/c1-8(2)9(10(12)13-3)11-6-4-5-7-11/h8-9H,4-7H2,1-3H3/t9-/m0/s1. The van der Waals surface area contributed by atoms with E-state index in [2.05, 4.69) is 18.7 Å². The number of esters is 1. The van der Waals surface area contributed by atoms with Crippen LogP contribution in [-0.2, 0) is 9.53 Å². The number of rotatable bonds is 3. The second-order valence-electron chi connectivity index (χ2n) is 3.96. The van der Waals surface area contributed by atoms with E-state index in [-0.39, 0.29) is 12.0 Å². The smallest absolute Gasteiger partial charge is 0.323 e. The molecule has 1 fully saturated rings. The molecule has 1 rings (SSSR count). The Morgan fingerprint density at radius 1 is 1.31 bits per heavy atom. The van der Waals surface area contributed by atoms with Gasteiger partial charge in [-0.1, -0.05) is 13.8 Å². The minimum atomic E-state index is -0.0862. The SMILES string of the molecule is COC(=O)[C@H](C(C)C)N1CCCC1. The largest absolute Gasteiger partial charge is 0.468 e. The Morgan fingerprint density at radius 2 is 1.85 bits per heavy atom. The molecule has 0 aliphatic carbocycles. The minimum Gasteiger partial charge on any atom is -0.468 e. The number of hydrogen-bond donors (Lipinski definition) is 0. The van der Waals surface area contributed by atoms with Crippen molar-refractivity contribution < 1.29 is 9.53 Å². The van der Waals surface area contributed by atoms with E-state index in [0.29, 0.717) is 5.92 Å². The van der Waals surface area contributed by atoms with E-state index < -0.39 is 0 Å². The number of ether oxygens (including phenoxy) is 1. The lowest BCUT2D eigenvalue weighted by molar-refractivity contribution is -0.148. The molecular formula is C10H19NO2. The first-order valence-electron chi connectivity index (χ1n) is 4.98. The molecular weight excluding hydrogens is 166 g/mol. The third kappa shape index (κ3) is 2.44. The highest BCUT2D eigenvalue weighted by atomic mass is 16.5. The Bertz CT molecular complexity index is 174. The van der Waals surface area contributed by atoms with Crippen LogP contribution in [0.25, 0.3) is 0 Å². The van der Waals surface area contributed by atoms with Crippen LogP contribution in [-0.4, -0.2) is 37.1 Å². The summed E-state index contributed by atoms with van der Waals surface area (Å²) < 4.78 is 4.81. The summed E-state index contributed by atoms with van der Waals surface area (Å²) in [7, 11) is 1.47. The van der Waals surface area contributed by atoms with Gasteiger partial charge in [-0.15, -0.1) is 0 Å². The number of carbonyl (C=O) groups excluding carboxylic acids is 1. The van der Waals surface area contributed by atoms with Crippen molar-refractivity contribution in [3.63, 3.8) is 0 Å². The van der Waals surface area contributed by atoms with Gasteiger partial charge >= 0.3 is 5.97 Å². The van der Waals surface area contributed by atoms with Crippen LogP contribution in [0.2, 0.25) is 0 Å². The van der Waals surface area contributed by atoms with Gasteiger partial charge in [-0.2, -0.15) is 0 Å². The maximum absolute atomic E-state index is 11.5. The molecule has 0 unspecified atom stereocenters. The predicted molar refractivity (Wildman–Crippen MR) is 51.4 cm³/mol. The second kappa shape index (κ2) is 4.61. The zero-order valence-corrected chi connectivity index (χ0v) is 8.75. The summed E-state index contributed by atoms with van der Waals surface area (Å²) in [6, 6.07) is -0.0347. The van der Waals surface area contributed by atoms with E-state index in [1.54, 1.807) is 0 Å². The number of methoxy groups -OCH3 is 1. The Morgan fingerprint density at radius 3 is 2.23 bits per heavy atom. The average molecular weight is 185 g/mol. The van der Waals surface area contributed by atoms with Crippen LogP contribution in [0.5, 0.6) is 0 Å². The highest BCUT2D eigenvalue weighted by Gasteiger charge is 2.31.